The molecule has 182 valence electrons. The van der Waals surface area contributed by atoms with Gasteiger partial charge in [0.2, 0.25) is 0 Å². The number of nitrogens with zero attached hydrogens (tertiary/aromatic N) is 3. The summed E-state index contributed by atoms with van der Waals surface area (Å²) < 4.78 is 105. The molecule has 0 aliphatic carbocycles. The molecule has 2 N–H and O–H groups in total. The number of benzene rings is 1. The number of nitrogens with one attached hydrogen (secondary N) is 1. The lowest BCUT2D eigenvalue weighted by molar-refractivity contribution is -0.138. The van der Waals surface area contributed by atoms with Gasteiger partial charge in [-0.25, -0.2) is 13.4 Å². The third kappa shape index (κ3) is 4.67. The van der Waals surface area contributed by atoms with Crippen molar-refractivity contribution in [3.63, 3.8) is 0 Å². The fraction of sp³-hybridized carbons (Fsp3) is 0.421. The summed E-state index contributed by atoms with van der Waals surface area (Å²) in [7, 11) is -5.94. The number of rotatable bonds is 5. The smallest absolute Gasteiger partial charge is 0.507 e. The number of halogens is 6. The maximum Gasteiger partial charge on any atom is 0.511 e. The fourth-order valence-corrected chi connectivity index (χ4v) is 4.57. The van der Waals surface area contributed by atoms with Crippen LogP contribution in [0.15, 0.2) is 36.8 Å². The van der Waals surface area contributed by atoms with Crippen LogP contribution in [0.4, 0.5) is 32.0 Å². The highest BCUT2D eigenvalue weighted by Crippen LogP contribution is 2.45. The van der Waals surface area contributed by atoms with Crippen molar-refractivity contribution in [2.45, 2.75) is 44.2 Å². The molecule has 14 heteroatoms. The number of phenolic OH excluding ortho intramolecular Hbond substituents is 1. The van der Waals surface area contributed by atoms with Gasteiger partial charge in [0.05, 0.1) is 30.2 Å². The minimum absolute atomic E-state index is 0.0319. The maximum absolute atomic E-state index is 13.4. The van der Waals surface area contributed by atoms with Crippen LogP contribution in [0.1, 0.15) is 30.2 Å². The first-order valence-electron chi connectivity index (χ1n) is 9.58. The lowest BCUT2D eigenvalue weighted by Gasteiger charge is -2.35. The van der Waals surface area contributed by atoms with E-state index in [9.17, 15) is 39.9 Å². The molecule has 2 aromatic rings. The molecule has 3 rings (SSSR count). The van der Waals surface area contributed by atoms with E-state index in [0.717, 1.165) is 6.07 Å². The number of hydrogen-bond acceptors (Lipinski definition) is 5. The average molecular weight is 498 g/mol. The molecule has 1 unspecified atom stereocenters. The molecule has 7 nitrogen and oxygen atoms in total. The Kier molecular flexibility index (Phi) is 6.45. The Balaban J connectivity index is 2.27. The van der Waals surface area contributed by atoms with Crippen LogP contribution in [0.3, 0.4) is 0 Å². The van der Waals surface area contributed by atoms with Crippen molar-refractivity contribution in [1.82, 2.24) is 14.3 Å². The normalized spacial score (nSPS) is 18.2. The Morgan fingerprint density at radius 1 is 1.27 bits per heavy atom. The summed E-state index contributed by atoms with van der Waals surface area (Å²) in [6, 6.07) is 0.578. The zero-order chi connectivity index (χ0) is 24.8. The number of imidazole rings is 1. The third-order valence-electron chi connectivity index (χ3n) is 5.41. The maximum atomic E-state index is 13.4. The van der Waals surface area contributed by atoms with Crippen LogP contribution in [0.25, 0.3) is 0 Å². The van der Waals surface area contributed by atoms with Crippen LogP contribution in [0, 0.1) is 0 Å². The number of aromatic hydroxyl groups is 1. The number of H-pyrrole nitrogens is 1. The topological polar surface area (TPSA) is 89.5 Å². The van der Waals surface area contributed by atoms with Crippen LogP contribution in [0.5, 0.6) is 5.75 Å². The highest BCUT2D eigenvalue weighted by Gasteiger charge is 2.52. The van der Waals surface area contributed by atoms with Crippen LogP contribution < -0.4 is 4.90 Å². The molecule has 2 heterocycles. The van der Waals surface area contributed by atoms with Gasteiger partial charge in [-0.2, -0.15) is 30.6 Å². The van der Waals surface area contributed by atoms with E-state index in [1.165, 1.54) is 17.4 Å². The van der Waals surface area contributed by atoms with Gasteiger partial charge >= 0.3 is 21.7 Å². The first-order chi connectivity index (χ1) is 15.2. The van der Waals surface area contributed by atoms with Crippen molar-refractivity contribution in [3.05, 3.63) is 53.6 Å². The zero-order valence-corrected chi connectivity index (χ0v) is 18.0. The number of sulfonamides is 1. The highest BCUT2D eigenvalue weighted by molar-refractivity contribution is 7.89. The van der Waals surface area contributed by atoms with Crippen molar-refractivity contribution in [2.75, 3.05) is 11.4 Å². The average Bonchev–Trinajstić information content (AvgIpc) is 3.15. The fourth-order valence-electron chi connectivity index (χ4n) is 3.64. The van der Waals surface area contributed by atoms with Gasteiger partial charge in [-0.15, -0.1) is 0 Å². The Labute approximate surface area is 185 Å². The van der Waals surface area contributed by atoms with Crippen LogP contribution in [-0.2, 0) is 29.3 Å². The number of phenols is 1. The van der Waals surface area contributed by atoms with E-state index in [1.807, 2.05) is 0 Å². The second kappa shape index (κ2) is 8.56. The van der Waals surface area contributed by atoms with E-state index < -0.39 is 57.7 Å². The van der Waals surface area contributed by atoms with Gasteiger partial charge in [-0.05, 0) is 18.6 Å². The second-order valence-corrected chi connectivity index (χ2v) is 9.36. The molecular weight excluding hydrogens is 478 g/mol. The van der Waals surface area contributed by atoms with Gasteiger partial charge in [0.25, 0.3) is 0 Å². The molecule has 1 aliphatic heterocycles. The summed E-state index contributed by atoms with van der Waals surface area (Å²) in [4.78, 5) is 8.06. The van der Waals surface area contributed by atoms with Crippen LogP contribution in [-0.4, -0.2) is 45.9 Å². The summed E-state index contributed by atoms with van der Waals surface area (Å²) in [6.07, 6.45) is -2.02. The quantitative estimate of drug-likeness (QED) is 0.478. The Morgan fingerprint density at radius 2 is 1.94 bits per heavy atom. The molecule has 1 aliphatic rings. The molecule has 0 radical (unpaired) electrons. The van der Waals surface area contributed by atoms with Crippen molar-refractivity contribution < 1.29 is 39.9 Å². The van der Waals surface area contributed by atoms with Gasteiger partial charge in [-0.3, -0.25) is 0 Å². The Bertz CT molecular complexity index is 1130. The molecule has 0 amide bonds. The van der Waals surface area contributed by atoms with E-state index in [4.69, 9.17) is 0 Å². The monoisotopic (exact) mass is 498 g/mol. The number of anilines is 1. The van der Waals surface area contributed by atoms with Gasteiger partial charge in [-0.1, -0.05) is 19.1 Å². The van der Waals surface area contributed by atoms with E-state index in [-0.39, 0.29) is 23.0 Å². The molecule has 1 atom stereocenters. The molecule has 1 aromatic carbocycles. The molecule has 33 heavy (non-hydrogen) atoms. The SMILES string of the molecule is C=C(CC)C1CN(S(=O)(=O)C(F)(F)F)Cc2c(ccc(C(F)(F)F)c2O)N1Cc1cnc[nH]1. The molecule has 1 aromatic heterocycles. The lowest BCUT2D eigenvalue weighted by atomic mass is 10.0. The van der Waals surface area contributed by atoms with Crippen molar-refractivity contribution in [2.24, 2.45) is 0 Å². The predicted octanol–water partition coefficient (Wildman–Crippen LogP) is 4.14. The van der Waals surface area contributed by atoms with Gasteiger partial charge in [0.15, 0.2) is 0 Å². The number of alkyl halides is 6. The molecule has 0 fully saturated rings. The van der Waals surface area contributed by atoms with E-state index in [1.54, 1.807) is 6.92 Å². The lowest BCUT2D eigenvalue weighted by Crippen LogP contribution is -2.47. The Hall–Kier alpha value is -2.74. The minimum Gasteiger partial charge on any atom is -0.507 e. The Morgan fingerprint density at radius 3 is 2.45 bits per heavy atom. The van der Waals surface area contributed by atoms with E-state index in [0.29, 0.717) is 17.3 Å². The minimum atomic E-state index is -5.94. The highest BCUT2D eigenvalue weighted by atomic mass is 32.2. The van der Waals surface area contributed by atoms with Gasteiger partial charge in [0.1, 0.15) is 5.75 Å². The zero-order valence-electron chi connectivity index (χ0n) is 17.2. The summed E-state index contributed by atoms with van der Waals surface area (Å²) >= 11 is 0. The van der Waals surface area contributed by atoms with Crippen molar-refractivity contribution in [1.29, 1.82) is 0 Å². The van der Waals surface area contributed by atoms with Gasteiger partial charge < -0.3 is 15.0 Å². The summed E-state index contributed by atoms with van der Waals surface area (Å²) in [5.41, 5.74) is -7.01. The summed E-state index contributed by atoms with van der Waals surface area (Å²) in [6.45, 7) is 3.58. The standard InChI is InChI=1S/C19H20F6N4O3S/c1-3-11(2)16-9-28(33(31,32)19(23,24)25)8-13-15(29(16)7-12-6-26-10-27-12)5-4-14(17(13)30)18(20,21)22/h4-6,10,16,30H,2-3,7-9H2,1H3,(H,26,27). The summed E-state index contributed by atoms with van der Waals surface area (Å²) in [5.74, 6) is -1.33. The van der Waals surface area contributed by atoms with E-state index in [2.05, 4.69) is 16.5 Å². The molecule has 0 bridgehead atoms. The number of fused-ring (bicyclic) bond motifs is 1. The molecule has 0 spiro atoms. The number of aromatic nitrogens is 2. The van der Waals surface area contributed by atoms with Crippen LogP contribution >= 0.6 is 0 Å². The van der Waals surface area contributed by atoms with E-state index >= 15 is 0 Å². The number of aromatic amines is 1. The first-order valence-corrected chi connectivity index (χ1v) is 11.0. The predicted molar refractivity (Wildman–Crippen MR) is 106 cm³/mol. The molecular formula is C19H20F6N4O3S. The van der Waals surface area contributed by atoms with Crippen molar-refractivity contribution in [3.8, 4) is 5.75 Å². The number of hydrogen-bond donors (Lipinski definition) is 2. The second-order valence-electron chi connectivity index (χ2n) is 7.43. The van der Waals surface area contributed by atoms with Crippen molar-refractivity contribution >= 4 is 15.7 Å². The van der Waals surface area contributed by atoms with Gasteiger partial charge in [0, 0.05) is 30.5 Å². The molecule has 0 saturated carbocycles. The largest absolute Gasteiger partial charge is 0.511 e. The van der Waals surface area contributed by atoms with Crippen LogP contribution in [0.2, 0.25) is 0 Å². The third-order valence-corrected chi connectivity index (χ3v) is 6.96. The first kappa shape index (κ1) is 24.9. The molecule has 0 saturated heterocycles. The summed E-state index contributed by atoms with van der Waals surface area (Å²) in [5, 5.41) is 10.4.